The highest BCUT2D eigenvalue weighted by molar-refractivity contribution is 6.03. The number of aromatic nitrogens is 2. The van der Waals surface area contributed by atoms with E-state index in [1.165, 1.54) is 30.0 Å². The van der Waals surface area contributed by atoms with Crippen LogP contribution in [0.1, 0.15) is 10.5 Å². The minimum atomic E-state index is -0.557. The number of methoxy groups -OCH3 is 1. The van der Waals surface area contributed by atoms with Crippen molar-refractivity contribution in [1.82, 2.24) is 9.78 Å². The number of ether oxygens (including phenoxy) is 1. The number of carbonyl (C=O) groups is 1. The number of benzene rings is 1. The summed E-state index contributed by atoms with van der Waals surface area (Å²) >= 11 is 0. The van der Waals surface area contributed by atoms with Crippen molar-refractivity contribution in [3.8, 4) is 5.75 Å². The van der Waals surface area contributed by atoms with E-state index in [9.17, 15) is 14.9 Å². The van der Waals surface area contributed by atoms with Crippen LogP contribution >= 0.6 is 0 Å². The zero-order valence-electron chi connectivity index (χ0n) is 10.9. The molecule has 1 amide bonds. The molecule has 0 atom stereocenters. The van der Waals surface area contributed by atoms with Gasteiger partial charge in [0.25, 0.3) is 11.6 Å². The maximum absolute atomic E-state index is 11.9. The van der Waals surface area contributed by atoms with E-state index in [0.29, 0.717) is 0 Å². The highest BCUT2D eigenvalue weighted by atomic mass is 16.6. The second-order valence-corrected chi connectivity index (χ2v) is 4.01. The van der Waals surface area contributed by atoms with Gasteiger partial charge >= 0.3 is 0 Å². The molecule has 8 heteroatoms. The van der Waals surface area contributed by atoms with E-state index in [0.717, 1.165) is 0 Å². The molecule has 104 valence electrons. The second kappa shape index (κ2) is 5.39. The number of nitrogens with one attached hydrogen (secondary N) is 1. The Morgan fingerprint density at radius 1 is 1.45 bits per heavy atom. The average molecular weight is 276 g/mol. The van der Waals surface area contributed by atoms with E-state index in [2.05, 4.69) is 10.4 Å². The van der Waals surface area contributed by atoms with Crippen LogP contribution < -0.4 is 10.1 Å². The second-order valence-electron chi connectivity index (χ2n) is 4.01. The summed E-state index contributed by atoms with van der Waals surface area (Å²) < 4.78 is 6.45. The van der Waals surface area contributed by atoms with Gasteiger partial charge in [0.05, 0.1) is 23.8 Å². The number of non-ortho nitro benzene ring substituents is 1. The van der Waals surface area contributed by atoms with Crippen LogP contribution in [0.2, 0.25) is 0 Å². The summed E-state index contributed by atoms with van der Waals surface area (Å²) in [6, 6.07) is 5.57. The number of nitro benzene ring substituents is 1. The Bertz CT molecular complexity index is 665. The van der Waals surface area contributed by atoms with Crippen molar-refractivity contribution in [3.63, 3.8) is 0 Å². The van der Waals surface area contributed by atoms with Gasteiger partial charge in [-0.15, -0.1) is 0 Å². The molecule has 0 bridgehead atoms. The van der Waals surface area contributed by atoms with Crippen molar-refractivity contribution in [2.75, 3.05) is 12.4 Å². The molecule has 0 saturated carbocycles. The third-order valence-corrected chi connectivity index (χ3v) is 2.54. The fourth-order valence-electron chi connectivity index (χ4n) is 1.61. The normalized spacial score (nSPS) is 10.1. The SMILES string of the molecule is COc1cc(NC(=O)c2ccn(C)n2)cc([N+](=O)[O-])c1. The number of nitrogens with zero attached hydrogens (tertiary/aromatic N) is 3. The molecule has 0 aliphatic heterocycles. The summed E-state index contributed by atoms with van der Waals surface area (Å²) in [6.45, 7) is 0. The van der Waals surface area contributed by atoms with Crippen LogP contribution in [0.5, 0.6) is 5.75 Å². The van der Waals surface area contributed by atoms with Gasteiger partial charge in [-0.2, -0.15) is 5.10 Å². The summed E-state index contributed by atoms with van der Waals surface area (Å²) in [7, 11) is 3.08. The largest absolute Gasteiger partial charge is 0.496 e. The van der Waals surface area contributed by atoms with Gasteiger partial charge in [-0.05, 0) is 6.07 Å². The predicted octanol–water partition coefficient (Wildman–Crippen LogP) is 1.59. The highest BCUT2D eigenvalue weighted by Gasteiger charge is 2.14. The van der Waals surface area contributed by atoms with Crippen LogP contribution in [0.25, 0.3) is 0 Å². The Balaban J connectivity index is 2.26. The molecule has 0 spiro atoms. The number of hydrogen-bond donors (Lipinski definition) is 1. The van der Waals surface area contributed by atoms with Crippen molar-refractivity contribution in [1.29, 1.82) is 0 Å². The maximum atomic E-state index is 11.9. The van der Waals surface area contributed by atoms with E-state index in [4.69, 9.17) is 4.74 Å². The van der Waals surface area contributed by atoms with Crippen LogP contribution in [-0.2, 0) is 7.05 Å². The van der Waals surface area contributed by atoms with E-state index >= 15 is 0 Å². The zero-order chi connectivity index (χ0) is 14.7. The first-order valence-electron chi connectivity index (χ1n) is 5.64. The molecule has 1 aromatic carbocycles. The Morgan fingerprint density at radius 2 is 2.20 bits per heavy atom. The molecule has 0 saturated heterocycles. The van der Waals surface area contributed by atoms with Crippen molar-refractivity contribution in [2.45, 2.75) is 0 Å². The molecular weight excluding hydrogens is 264 g/mol. The summed E-state index contributed by atoms with van der Waals surface area (Å²) in [5.41, 5.74) is 0.324. The van der Waals surface area contributed by atoms with E-state index in [1.807, 2.05) is 0 Å². The van der Waals surface area contributed by atoms with Gasteiger partial charge < -0.3 is 10.1 Å². The third-order valence-electron chi connectivity index (χ3n) is 2.54. The number of aryl methyl sites for hydroxylation is 1. The Hall–Kier alpha value is -2.90. The first-order chi connectivity index (χ1) is 9.49. The number of anilines is 1. The van der Waals surface area contributed by atoms with Gasteiger partial charge in [0.1, 0.15) is 5.75 Å². The molecule has 1 heterocycles. The lowest BCUT2D eigenvalue weighted by molar-refractivity contribution is -0.384. The van der Waals surface area contributed by atoms with Crippen LogP contribution in [0, 0.1) is 10.1 Å². The standard InChI is InChI=1S/C12H12N4O4/c1-15-4-3-11(14-15)12(17)13-8-5-9(16(18)19)7-10(6-8)20-2/h3-7H,1-2H3,(H,13,17). The molecule has 2 rings (SSSR count). The quantitative estimate of drug-likeness (QED) is 0.675. The molecule has 20 heavy (non-hydrogen) atoms. The third kappa shape index (κ3) is 2.91. The number of nitro groups is 1. The highest BCUT2D eigenvalue weighted by Crippen LogP contribution is 2.26. The van der Waals surface area contributed by atoms with Crippen molar-refractivity contribution < 1.29 is 14.5 Å². The monoisotopic (exact) mass is 276 g/mol. The predicted molar refractivity (Wildman–Crippen MR) is 70.8 cm³/mol. The lowest BCUT2D eigenvalue weighted by Crippen LogP contribution is -2.13. The topological polar surface area (TPSA) is 99.3 Å². The molecule has 0 radical (unpaired) electrons. The van der Waals surface area contributed by atoms with Crippen LogP contribution in [0.4, 0.5) is 11.4 Å². The van der Waals surface area contributed by atoms with Gasteiger partial charge in [-0.3, -0.25) is 19.6 Å². The molecule has 1 aromatic heterocycles. The fraction of sp³-hybridized carbons (Fsp3) is 0.167. The Morgan fingerprint density at radius 3 is 2.75 bits per heavy atom. The zero-order valence-corrected chi connectivity index (χ0v) is 10.9. The number of rotatable bonds is 4. The Labute approximate surface area is 114 Å². The minimum absolute atomic E-state index is 0.166. The molecular formula is C12H12N4O4. The number of carbonyl (C=O) groups excluding carboxylic acids is 1. The lowest BCUT2D eigenvalue weighted by Gasteiger charge is -2.06. The fourth-order valence-corrected chi connectivity index (χ4v) is 1.61. The summed E-state index contributed by atoms with van der Waals surface area (Å²) in [5, 5.41) is 17.3. The van der Waals surface area contributed by atoms with Crippen LogP contribution in [0.15, 0.2) is 30.5 Å². The van der Waals surface area contributed by atoms with E-state index < -0.39 is 10.8 Å². The first kappa shape index (κ1) is 13.5. The Kier molecular flexibility index (Phi) is 3.65. The molecule has 1 N–H and O–H groups in total. The van der Waals surface area contributed by atoms with Gasteiger partial charge in [0.2, 0.25) is 0 Å². The van der Waals surface area contributed by atoms with Crippen LogP contribution in [0.3, 0.4) is 0 Å². The summed E-state index contributed by atoms with van der Waals surface area (Å²) in [6.07, 6.45) is 1.63. The number of amides is 1. The molecule has 0 aliphatic rings. The lowest BCUT2D eigenvalue weighted by atomic mass is 10.2. The summed E-state index contributed by atoms with van der Waals surface area (Å²) in [4.78, 5) is 22.2. The van der Waals surface area contributed by atoms with E-state index in [-0.39, 0.29) is 22.8 Å². The van der Waals surface area contributed by atoms with Crippen molar-refractivity contribution >= 4 is 17.3 Å². The van der Waals surface area contributed by atoms with Gasteiger partial charge in [-0.25, -0.2) is 0 Å². The molecule has 8 nitrogen and oxygen atoms in total. The van der Waals surface area contributed by atoms with Gasteiger partial charge in [-0.1, -0.05) is 0 Å². The summed E-state index contributed by atoms with van der Waals surface area (Å²) in [5.74, 6) is -0.163. The minimum Gasteiger partial charge on any atom is -0.496 e. The maximum Gasteiger partial charge on any atom is 0.276 e. The van der Waals surface area contributed by atoms with E-state index in [1.54, 1.807) is 19.3 Å². The molecule has 2 aromatic rings. The van der Waals surface area contributed by atoms with Crippen LogP contribution in [-0.4, -0.2) is 27.7 Å². The molecule has 0 fully saturated rings. The number of hydrogen-bond acceptors (Lipinski definition) is 5. The first-order valence-corrected chi connectivity index (χ1v) is 5.64. The van der Waals surface area contributed by atoms with Gasteiger partial charge in [0.15, 0.2) is 5.69 Å². The van der Waals surface area contributed by atoms with Crippen molar-refractivity contribution in [2.24, 2.45) is 7.05 Å². The van der Waals surface area contributed by atoms with Crippen molar-refractivity contribution in [3.05, 3.63) is 46.3 Å². The average Bonchev–Trinajstić information content (AvgIpc) is 2.85. The molecule has 0 aliphatic carbocycles. The smallest absolute Gasteiger partial charge is 0.276 e. The van der Waals surface area contributed by atoms with Gasteiger partial charge in [0, 0.05) is 25.4 Å². The molecule has 0 unspecified atom stereocenters.